The predicted octanol–water partition coefficient (Wildman–Crippen LogP) is 9.65. The number of carbonyl (C=O) groups excluding carboxylic acids is 4. The Kier molecular flexibility index (Phi) is 17.4. The van der Waals surface area contributed by atoms with Crippen LogP contribution in [0.3, 0.4) is 0 Å². The van der Waals surface area contributed by atoms with Crippen molar-refractivity contribution < 1.29 is 33.4 Å². The number of alkyl halides is 2. The fraction of sp³-hybridized carbons (Fsp3) is 0.829. The van der Waals surface area contributed by atoms with Crippen molar-refractivity contribution in [2.45, 2.75) is 175 Å². The van der Waals surface area contributed by atoms with Crippen molar-refractivity contribution in [1.29, 1.82) is 0 Å². The molecule has 0 aromatic rings. The van der Waals surface area contributed by atoms with E-state index in [1.165, 1.54) is 17.7 Å². The number of hydrogen-bond acceptors (Lipinski definition) is 7. The minimum absolute atomic E-state index is 0.0207. The van der Waals surface area contributed by atoms with Gasteiger partial charge in [-0.25, -0.2) is 19.3 Å². The van der Waals surface area contributed by atoms with Crippen molar-refractivity contribution in [1.82, 2.24) is 14.7 Å². The van der Waals surface area contributed by atoms with Crippen LogP contribution in [0.4, 0.5) is 14.4 Å². The Balaban J connectivity index is 0.000000338. The average molecular weight is 798 g/mol. The summed E-state index contributed by atoms with van der Waals surface area (Å²) in [6.45, 7) is 23.0. The van der Waals surface area contributed by atoms with Gasteiger partial charge in [-0.15, -0.1) is 11.6 Å². The average Bonchev–Trinajstić information content (AvgIpc) is 3.27. The van der Waals surface area contributed by atoms with Crippen LogP contribution in [0.15, 0.2) is 12.3 Å². The first-order valence-electron chi connectivity index (χ1n) is 17.0. The molecule has 272 valence electrons. The Bertz CT molecular complexity index is 1070. The lowest BCUT2D eigenvalue weighted by molar-refractivity contribution is -0.128. The first-order chi connectivity index (χ1) is 21.6. The van der Waals surface area contributed by atoms with Crippen molar-refractivity contribution in [3.8, 4) is 0 Å². The van der Waals surface area contributed by atoms with Crippen molar-refractivity contribution in [3.05, 3.63) is 12.3 Å². The molecule has 47 heavy (non-hydrogen) atoms. The summed E-state index contributed by atoms with van der Waals surface area (Å²) in [4.78, 5) is 51.8. The predicted molar refractivity (Wildman–Crippen MR) is 196 cm³/mol. The molecular weight excluding hydrogens is 737 g/mol. The molecule has 0 unspecified atom stereocenters. The van der Waals surface area contributed by atoms with Crippen LogP contribution in [-0.2, 0) is 19.0 Å². The molecule has 4 aliphatic rings. The van der Waals surface area contributed by atoms with Gasteiger partial charge in [-0.05, 0) is 113 Å². The number of nitrogens with zero attached hydrogens (tertiary/aromatic N) is 3. The summed E-state index contributed by atoms with van der Waals surface area (Å²) in [5, 5.41) is 0. The first-order valence-corrected chi connectivity index (χ1v) is 19.0. The van der Waals surface area contributed by atoms with Gasteiger partial charge in [0, 0.05) is 36.8 Å². The number of hydrogen-bond donors (Lipinski definition) is 0. The van der Waals surface area contributed by atoms with Crippen molar-refractivity contribution >= 4 is 58.4 Å². The van der Waals surface area contributed by atoms with Gasteiger partial charge in [0.2, 0.25) is 5.91 Å². The van der Waals surface area contributed by atoms with E-state index in [0.29, 0.717) is 22.4 Å². The molecule has 3 heterocycles. The summed E-state index contributed by atoms with van der Waals surface area (Å²) in [5.41, 5.74) is -1.33. The smallest absolute Gasteiger partial charge is 0.417 e. The monoisotopic (exact) mass is 797 g/mol. The highest BCUT2D eigenvalue weighted by molar-refractivity contribution is 14.1. The molecule has 0 spiro atoms. The lowest BCUT2D eigenvalue weighted by Gasteiger charge is -2.30. The molecule has 2 saturated heterocycles. The summed E-state index contributed by atoms with van der Waals surface area (Å²) in [7, 11) is 0. The van der Waals surface area contributed by atoms with E-state index >= 15 is 0 Å². The lowest BCUT2D eigenvalue weighted by Crippen LogP contribution is -2.41. The molecule has 0 radical (unpaired) electrons. The van der Waals surface area contributed by atoms with Gasteiger partial charge in [-0.2, -0.15) is 0 Å². The second kappa shape index (κ2) is 18.9. The first kappa shape index (κ1) is 43.3. The second-order valence-corrected chi connectivity index (χ2v) is 17.2. The van der Waals surface area contributed by atoms with Gasteiger partial charge in [0.25, 0.3) is 0 Å². The standard InChI is InChI=1S/C12H21NO2.C11H19NO3.C11H19NO2.CH2ClI/c1-5-9-6-8-7-10(8)13(9)11(14)15-12(2,3)4;1-5-8-6-7-9(13)12(8)10(14)15-11(2,3)4;1-5-9-7-6-8-12(9)10(13)14-11(2,3)4;2-1-3/h8-10H,5-7H2,1-4H3;8H,5-7H2,1-4H3;6,8-9H,5,7H2,1-4H3;1H2/t8-,9+,10+;8-;9-;/m011./s1. The van der Waals surface area contributed by atoms with Crippen LogP contribution in [-0.4, -0.2) is 83.7 Å². The van der Waals surface area contributed by atoms with Gasteiger partial charge in [0.1, 0.15) is 16.8 Å². The van der Waals surface area contributed by atoms with Crippen LogP contribution in [0.25, 0.3) is 0 Å². The Morgan fingerprint density at radius 2 is 1.26 bits per heavy atom. The van der Waals surface area contributed by atoms with Crippen molar-refractivity contribution in [2.75, 3.05) is 3.89 Å². The van der Waals surface area contributed by atoms with Crippen LogP contribution in [0, 0.1) is 5.92 Å². The molecule has 3 fully saturated rings. The molecule has 10 nitrogen and oxygen atoms in total. The maximum Gasteiger partial charge on any atom is 0.417 e. The molecule has 4 rings (SSSR count). The minimum Gasteiger partial charge on any atom is -0.444 e. The Morgan fingerprint density at radius 3 is 1.72 bits per heavy atom. The largest absolute Gasteiger partial charge is 0.444 e. The van der Waals surface area contributed by atoms with E-state index in [9.17, 15) is 19.2 Å². The van der Waals surface area contributed by atoms with E-state index in [1.54, 1.807) is 25.7 Å². The highest BCUT2D eigenvalue weighted by Gasteiger charge is 2.54. The molecule has 3 aliphatic heterocycles. The summed E-state index contributed by atoms with van der Waals surface area (Å²) in [6, 6.07) is 1.21. The number of amides is 4. The molecule has 0 aromatic heterocycles. The molecule has 4 amide bonds. The second-order valence-electron chi connectivity index (χ2n) is 15.3. The summed E-state index contributed by atoms with van der Waals surface area (Å²) in [5.74, 6) is 0.651. The van der Waals surface area contributed by atoms with Gasteiger partial charge < -0.3 is 19.1 Å². The highest BCUT2D eigenvalue weighted by atomic mass is 127. The van der Waals surface area contributed by atoms with Crippen LogP contribution in [0.2, 0.25) is 0 Å². The van der Waals surface area contributed by atoms with Gasteiger partial charge in [0.05, 0.1) is 3.89 Å². The van der Waals surface area contributed by atoms with E-state index in [4.69, 9.17) is 25.8 Å². The van der Waals surface area contributed by atoms with Crippen LogP contribution in [0.5, 0.6) is 0 Å². The fourth-order valence-corrected chi connectivity index (χ4v) is 5.67. The Labute approximate surface area is 302 Å². The van der Waals surface area contributed by atoms with E-state index in [2.05, 4.69) is 36.4 Å². The highest BCUT2D eigenvalue weighted by Crippen LogP contribution is 2.49. The molecule has 0 bridgehead atoms. The third-order valence-corrected chi connectivity index (χ3v) is 7.82. The van der Waals surface area contributed by atoms with Gasteiger partial charge in [0.15, 0.2) is 0 Å². The quantitative estimate of drug-likeness (QED) is 0.159. The van der Waals surface area contributed by atoms with E-state index in [1.807, 2.05) is 65.6 Å². The Morgan fingerprint density at radius 1 is 0.787 bits per heavy atom. The van der Waals surface area contributed by atoms with Crippen molar-refractivity contribution in [3.63, 3.8) is 0 Å². The van der Waals surface area contributed by atoms with Crippen LogP contribution >= 0.6 is 34.2 Å². The summed E-state index contributed by atoms with van der Waals surface area (Å²) >= 11 is 7.04. The van der Waals surface area contributed by atoms with Crippen LogP contribution in [0.1, 0.15) is 134 Å². The van der Waals surface area contributed by atoms with Gasteiger partial charge in [-0.1, -0.05) is 49.4 Å². The third kappa shape index (κ3) is 15.1. The molecule has 1 aliphatic carbocycles. The van der Waals surface area contributed by atoms with Crippen molar-refractivity contribution in [2.24, 2.45) is 5.92 Å². The SMILES string of the molecule is CC[C@@H]1CC=CN1C(=O)OC(C)(C)C.CC[C@@H]1CCC(=O)N1C(=O)OC(C)(C)C.CC[C@@H]1C[C@H]2C[C@H]2N1C(=O)OC(C)(C)C.ClCI. The number of carbonyl (C=O) groups is 4. The van der Waals surface area contributed by atoms with Crippen LogP contribution < -0.4 is 0 Å². The zero-order valence-electron chi connectivity index (χ0n) is 30.9. The molecule has 0 aromatic carbocycles. The Hall–Kier alpha value is -1.76. The van der Waals surface area contributed by atoms with E-state index < -0.39 is 17.3 Å². The zero-order chi connectivity index (χ0) is 36.3. The molecule has 12 heteroatoms. The number of piperidine rings is 1. The van der Waals surface area contributed by atoms with Gasteiger partial charge in [-0.3, -0.25) is 9.69 Å². The number of halogens is 2. The maximum absolute atomic E-state index is 12.0. The normalized spacial score (nSPS) is 24.6. The maximum atomic E-state index is 12.0. The lowest BCUT2D eigenvalue weighted by atomic mass is 10.1. The number of rotatable bonds is 3. The number of ether oxygens (including phenoxy) is 3. The molecular formula is C35H61ClIN3O7. The third-order valence-electron chi connectivity index (χ3n) is 7.82. The van der Waals surface area contributed by atoms with E-state index in [-0.39, 0.29) is 35.8 Å². The van der Waals surface area contributed by atoms with E-state index in [0.717, 1.165) is 38.0 Å². The molecule has 5 atom stereocenters. The summed E-state index contributed by atoms with van der Waals surface area (Å²) < 4.78 is 16.6. The fourth-order valence-electron chi connectivity index (χ4n) is 5.67. The topological polar surface area (TPSA) is 106 Å². The molecule has 0 N–H and O–H groups in total. The summed E-state index contributed by atoms with van der Waals surface area (Å²) in [6.07, 6.45) is 10.3. The number of imide groups is 1. The van der Waals surface area contributed by atoms with Gasteiger partial charge >= 0.3 is 18.3 Å². The molecule has 1 saturated carbocycles. The number of fused-ring (bicyclic) bond motifs is 1. The minimum atomic E-state index is -0.543. The number of likely N-dealkylation sites (tertiary alicyclic amines) is 2. The zero-order valence-corrected chi connectivity index (χ0v) is 33.8.